The normalized spacial score (nSPS) is 23.5. The zero-order chi connectivity index (χ0) is 14.8. The molecule has 1 aliphatic rings. The molecule has 0 N–H and O–H groups in total. The number of aromatic nitrogens is 1. The average Bonchev–Trinajstić information content (AvgIpc) is 2.41. The Labute approximate surface area is 114 Å². The molecule has 0 aliphatic carbocycles. The van der Waals surface area contributed by atoms with Gasteiger partial charge < -0.3 is 9.64 Å². The third-order valence-electron chi connectivity index (χ3n) is 3.44. The monoisotopic (exact) mass is 288 g/mol. The maximum absolute atomic E-state index is 12.4. The molecule has 20 heavy (non-hydrogen) atoms. The van der Waals surface area contributed by atoms with Crippen LogP contribution < -0.4 is 4.74 Å². The molecule has 0 bridgehead atoms. The van der Waals surface area contributed by atoms with Crippen LogP contribution in [-0.2, 0) is 11.0 Å². The Hall–Kier alpha value is -1.79. The van der Waals surface area contributed by atoms with E-state index in [0.717, 1.165) is 31.5 Å². The van der Waals surface area contributed by atoms with Crippen LogP contribution in [0.15, 0.2) is 18.3 Å². The summed E-state index contributed by atoms with van der Waals surface area (Å²) in [6.07, 6.45) is -1.60. The predicted molar refractivity (Wildman–Crippen MR) is 65.1 cm³/mol. The molecule has 2 heterocycles. The van der Waals surface area contributed by atoms with E-state index in [1.54, 1.807) is 4.90 Å². The molecule has 1 saturated heterocycles. The number of hydrogen-bond acceptors (Lipinski definition) is 3. The number of carbonyl (C=O) groups is 1. The largest absolute Gasteiger partial charge is 0.472 e. The molecule has 0 unspecified atom stereocenters. The van der Waals surface area contributed by atoms with Gasteiger partial charge in [-0.2, -0.15) is 13.2 Å². The van der Waals surface area contributed by atoms with Crippen molar-refractivity contribution in [1.82, 2.24) is 9.88 Å². The Morgan fingerprint density at radius 2 is 2.20 bits per heavy atom. The van der Waals surface area contributed by atoms with Crippen LogP contribution >= 0.6 is 0 Å². The van der Waals surface area contributed by atoms with Crippen molar-refractivity contribution < 1.29 is 22.7 Å². The van der Waals surface area contributed by atoms with Crippen LogP contribution in [-0.4, -0.2) is 35.0 Å². The summed E-state index contributed by atoms with van der Waals surface area (Å²) in [6, 6.07) is 2.02. The number of hydrogen-bond donors (Lipinski definition) is 0. The fourth-order valence-corrected chi connectivity index (χ4v) is 2.21. The van der Waals surface area contributed by atoms with E-state index in [1.807, 2.05) is 6.92 Å². The van der Waals surface area contributed by atoms with E-state index >= 15 is 0 Å². The van der Waals surface area contributed by atoms with Crippen molar-refractivity contribution in [2.24, 2.45) is 0 Å². The molecular formula is C13H15F3N2O2. The number of ether oxygens (including phenoxy) is 1. The molecule has 1 aromatic heterocycles. The van der Waals surface area contributed by atoms with Crippen LogP contribution in [0.5, 0.6) is 5.88 Å². The van der Waals surface area contributed by atoms with E-state index in [9.17, 15) is 18.0 Å². The number of nitrogens with zero attached hydrogens (tertiary/aromatic N) is 2. The van der Waals surface area contributed by atoms with Gasteiger partial charge >= 0.3 is 6.18 Å². The highest BCUT2D eigenvalue weighted by Crippen LogP contribution is 2.29. The number of pyridine rings is 1. The lowest BCUT2D eigenvalue weighted by Gasteiger charge is -2.36. The van der Waals surface area contributed by atoms with Crippen molar-refractivity contribution in [3.8, 4) is 5.88 Å². The Kier molecular flexibility index (Phi) is 4.15. The SMILES string of the molecule is C[C@H]1[C@H](Oc2ccc(C(F)(F)F)cn2)CCCN1C=O. The van der Waals surface area contributed by atoms with Gasteiger partial charge in [-0.3, -0.25) is 4.79 Å². The minimum atomic E-state index is -4.40. The third kappa shape index (κ3) is 3.20. The Bertz CT molecular complexity index is 462. The van der Waals surface area contributed by atoms with Crippen molar-refractivity contribution in [2.45, 2.75) is 38.1 Å². The summed E-state index contributed by atoms with van der Waals surface area (Å²) in [4.78, 5) is 16.2. The Morgan fingerprint density at radius 3 is 2.75 bits per heavy atom. The number of alkyl halides is 3. The molecule has 2 atom stereocenters. The first-order valence-electron chi connectivity index (χ1n) is 6.33. The fourth-order valence-electron chi connectivity index (χ4n) is 2.21. The molecule has 0 spiro atoms. The van der Waals surface area contributed by atoms with E-state index < -0.39 is 11.7 Å². The second-order valence-electron chi connectivity index (χ2n) is 4.77. The molecule has 2 rings (SSSR count). The van der Waals surface area contributed by atoms with E-state index in [1.165, 1.54) is 6.07 Å². The van der Waals surface area contributed by atoms with Crippen molar-refractivity contribution >= 4 is 6.41 Å². The van der Waals surface area contributed by atoms with Crippen LogP contribution in [0, 0.1) is 0 Å². The van der Waals surface area contributed by atoms with Gasteiger partial charge in [0.05, 0.1) is 11.6 Å². The number of halogens is 3. The molecule has 4 nitrogen and oxygen atoms in total. The van der Waals surface area contributed by atoms with Gasteiger partial charge in [0.1, 0.15) is 6.10 Å². The number of piperidine rings is 1. The highest BCUT2D eigenvalue weighted by Gasteiger charge is 2.32. The van der Waals surface area contributed by atoms with Crippen LogP contribution in [0.25, 0.3) is 0 Å². The predicted octanol–water partition coefficient (Wildman–Crippen LogP) is 2.49. The number of carbonyl (C=O) groups excluding carboxylic acids is 1. The zero-order valence-electron chi connectivity index (χ0n) is 10.9. The first kappa shape index (κ1) is 14.6. The number of amides is 1. The average molecular weight is 288 g/mol. The van der Waals surface area contributed by atoms with Crippen molar-refractivity contribution in [3.63, 3.8) is 0 Å². The van der Waals surface area contributed by atoms with Crippen LogP contribution in [0.3, 0.4) is 0 Å². The summed E-state index contributed by atoms with van der Waals surface area (Å²) < 4.78 is 42.8. The molecule has 1 aliphatic heterocycles. The highest BCUT2D eigenvalue weighted by atomic mass is 19.4. The van der Waals surface area contributed by atoms with E-state index in [-0.39, 0.29) is 18.0 Å². The first-order valence-corrected chi connectivity index (χ1v) is 6.33. The standard InChI is InChI=1S/C13H15F3N2O2/c1-9-11(3-2-6-18(9)8-19)20-12-5-4-10(7-17-12)13(14,15)16/h4-5,7-9,11H,2-3,6H2,1H3/t9-,11+/m0/s1. The molecule has 1 aromatic rings. The second kappa shape index (κ2) is 5.68. The van der Waals surface area contributed by atoms with Gasteiger partial charge in [-0.25, -0.2) is 4.98 Å². The maximum Gasteiger partial charge on any atom is 0.417 e. The van der Waals surface area contributed by atoms with Crippen molar-refractivity contribution in [2.75, 3.05) is 6.54 Å². The van der Waals surface area contributed by atoms with Gasteiger partial charge in [0.15, 0.2) is 0 Å². The highest BCUT2D eigenvalue weighted by molar-refractivity contribution is 5.48. The number of likely N-dealkylation sites (tertiary alicyclic amines) is 1. The lowest BCUT2D eigenvalue weighted by Crippen LogP contribution is -2.48. The molecule has 1 amide bonds. The molecule has 7 heteroatoms. The fraction of sp³-hybridized carbons (Fsp3) is 0.538. The van der Waals surface area contributed by atoms with Crippen LogP contribution in [0.4, 0.5) is 13.2 Å². The smallest absolute Gasteiger partial charge is 0.417 e. The second-order valence-corrected chi connectivity index (χ2v) is 4.77. The maximum atomic E-state index is 12.4. The summed E-state index contributed by atoms with van der Waals surface area (Å²) in [5.74, 6) is 0.141. The summed E-state index contributed by atoms with van der Waals surface area (Å²) in [7, 11) is 0. The summed E-state index contributed by atoms with van der Waals surface area (Å²) in [6.45, 7) is 2.52. The summed E-state index contributed by atoms with van der Waals surface area (Å²) >= 11 is 0. The summed E-state index contributed by atoms with van der Waals surface area (Å²) in [5, 5.41) is 0. The van der Waals surface area contributed by atoms with Crippen molar-refractivity contribution in [3.05, 3.63) is 23.9 Å². The van der Waals surface area contributed by atoms with Crippen LogP contribution in [0.2, 0.25) is 0 Å². The quantitative estimate of drug-likeness (QED) is 0.803. The molecule has 0 aromatic carbocycles. The van der Waals surface area contributed by atoms with Gasteiger partial charge in [-0.15, -0.1) is 0 Å². The van der Waals surface area contributed by atoms with Gasteiger partial charge in [-0.1, -0.05) is 0 Å². The first-order chi connectivity index (χ1) is 9.41. The lowest BCUT2D eigenvalue weighted by atomic mass is 10.0. The topological polar surface area (TPSA) is 42.4 Å². The van der Waals surface area contributed by atoms with E-state index in [4.69, 9.17) is 4.74 Å². The zero-order valence-corrected chi connectivity index (χ0v) is 10.9. The minimum Gasteiger partial charge on any atom is -0.472 e. The third-order valence-corrected chi connectivity index (χ3v) is 3.44. The van der Waals surface area contributed by atoms with Gasteiger partial charge in [0.2, 0.25) is 12.3 Å². The van der Waals surface area contributed by atoms with Gasteiger partial charge in [-0.05, 0) is 25.8 Å². The van der Waals surface area contributed by atoms with Gasteiger partial charge in [0, 0.05) is 18.8 Å². The molecule has 0 saturated carbocycles. The minimum absolute atomic E-state index is 0.120. The molecule has 0 radical (unpaired) electrons. The molecule has 1 fully saturated rings. The van der Waals surface area contributed by atoms with Gasteiger partial charge in [0.25, 0.3) is 0 Å². The lowest BCUT2D eigenvalue weighted by molar-refractivity contribution is -0.138. The summed E-state index contributed by atoms with van der Waals surface area (Å²) in [5.41, 5.74) is -0.809. The molecule has 110 valence electrons. The van der Waals surface area contributed by atoms with E-state index in [2.05, 4.69) is 4.98 Å². The Balaban J connectivity index is 2.04. The van der Waals surface area contributed by atoms with Crippen LogP contribution in [0.1, 0.15) is 25.3 Å². The Morgan fingerprint density at radius 1 is 1.45 bits per heavy atom. The molecular weight excluding hydrogens is 273 g/mol. The van der Waals surface area contributed by atoms with Crippen molar-refractivity contribution in [1.29, 1.82) is 0 Å². The number of rotatable bonds is 3. The van der Waals surface area contributed by atoms with E-state index in [0.29, 0.717) is 6.54 Å².